The molecule has 43 heavy (non-hydrogen) atoms. The molecule has 0 spiro atoms. The Kier molecular flexibility index (Phi) is 9.24. The highest BCUT2D eigenvalue weighted by Crippen LogP contribution is 2.41. The molecule has 2 heterocycles. The maximum Gasteiger partial charge on any atom is 0.229 e. The van der Waals surface area contributed by atoms with Crippen molar-refractivity contribution in [2.45, 2.75) is 81.4 Å². The second-order valence-corrected chi connectivity index (χ2v) is 14.0. The van der Waals surface area contributed by atoms with Crippen LogP contribution in [0.4, 0.5) is 27.5 Å². The number of aliphatic hydroxyl groups is 4. The number of aryl methyl sites for hydroxylation is 1. The lowest BCUT2D eigenvalue weighted by Crippen LogP contribution is -2.63. The number of hydrogen-bond donors (Lipinski definition) is 7. The van der Waals surface area contributed by atoms with Gasteiger partial charge in [0, 0.05) is 12.8 Å². The zero-order valence-electron chi connectivity index (χ0n) is 24.2. The minimum absolute atomic E-state index is 0.0600. The first-order chi connectivity index (χ1) is 19.9. The molecule has 4 rings (SSSR count). The van der Waals surface area contributed by atoms with E-state index in [2.05, 4.69) is 20.6 Å². The lowest BCUT2D eigenvalue weighted by atomic mass is 9.83. The quantitative estimate of drug-likeness (QED) is 0.168. The summed E-state index contributed by atoms with van der Waals surface area (Å²) in [5.41, 5.74) is 1.82. The molecule has 0 unspecified atom stereocenters. The second kappa shape index (κ2) is 12.1. The smallest absolute Gasteiger partial charge is 0.229 e. The van der Waals surface area contributed by atoms with Crippen molar-refractivity contribution in [3.8, 4) is 5.75 Å². The van der Waals surface area contributed by atoms with Gasteiger partial charge in [-0.25, -0.2) is 23.1 Å². The lowest BCUT2D eigenvalue weighted by molar-refractivity contribution is -0.313. The van der Waals surface area contributed by atoms with Crippen molar-refractivity contribution in [1.82, 2.24) is 15.3 Å². The third-order valence-electron chi connectivity index (χ3n) is 6.75. The van der Waals surface area contributed by atoms with Crippen molar-refractivity contribution in [2.75, 3.05) is 10.6 Å². The molecule has 2 aromatic carbocycles. The Morgan fingerprint density at radius 2 is 1.70 bits per heavy atom. The molecule has 0 amide bonds. The number of rotatable bonds is 9. The summed E-state index contributed by atoms with van der Waals surface area (Å²) in [5, 5.41) is 47.8. The summed E-state index contributed by atoms with van der Waals surface area (Å²) in [6, 6.07) is 6.74. The van der Waals surface area contributed by atoms with Gasteiger partial charge in [0.2, 0.25) is 17.8 Å². The maximum atomic E-state index is 14.0. The predicted molar refractivity (Wildman–Crippen MR) is 159 cm³/mol. The maximum absolute atomic E-state index is 14.0. The first-order valence-electron chi connectivity index (χ1n) is 13.5. The van der Waals surface area contributed by atoms with Crippen LogP contribution in [0.15, 0.2) is 41.4 Å². The van der Waals surface area contributed by atoms with Crippen molar-refractivity contribution >= 4 is 44.6 Å². The van der Waals surface area contributed by atoms with Crippen LogP contribution in [-0.2, 0) is 9.84 Å². The van der Waals surface area contributed by atoms with Gasteiger partial charge >= 0.3 is 0 Å². The fraction of sp³-hybridized carbons (Fsp3) is 0.429. The number of anilines is 4. The van der Waals surface area contributed by atoms with E-state index in [4.69, 9.17) is 16.3 Å². The van der Waals surface area contributed by atoms with Crippen LogP contribution in [0.5, 0.6) is 5.75 Å². The van der Waals surface area contributed by atoms with Gasteiger partial charge in [-0.3, -0.25) is 0 Å². The van der Waals surface area contributed by atoms with Crippen LogP contribution >= 0.6 is 11.6 Å². The Balaban J connectivity index is 1.70. The number of aromatic nitrogens is 2. The predicted octanol–water partition coefficient (Wildman–Crippen LogP) is 3.78. The zero-order valence-corrected chi connectivity index (χ0v) is 25.8. The average molecular weight is 640 g/mol. The highest BCUT2D eigenvalue weighted by Gasteiger charge is 2.45. The molecule has 1 fully saturated rings. The van der Waals surface area contributed by atoms with E-state index in [9.17, 15) is 33.2 Å². The molecule has 0 atom stereocenters. The van der Waals surface area contributed by atoms with E-state index in [1.54, 1.807) is 19.1 Å². The number of benzene rings is 2. The second-order valence-electron chi connectivity index (χ2n) is 11.1. The fourth-order valence-corrected chi connectivity index (χ4v) is 6.20. The van der Waals surface area contributed by atoms with Crippen LogP contribution in [0.1, 0.15) is 57.6 Å². The van der Waals surface area contributed by atoms with Gasteiger partial charge in [0.05, 0.1) is 33.8 Å². The highest BCUT2D eigenvalue weighted by atomic mass is 35.5. The number of piperidine rings is 1. The first-order valence-corrected chi connectivity index (χ1v) is 15.4. The molecule has 234 valence electrons. The lowest BCUT2D eigenvalue weighted by Gasteiger charge is -2.41. The Morgan fingerprint density at radius 1 is 1.05 bits per heavy atom. The monoisotopic (exact) mass is 639 g/mol. The van der Waals surface area contributed by atoms with Crippen molar-refractivity contribution in [3.63, 3.8) is 0 Å². The van der Waals surface area contributed by atoms with Crippen LogP contribution in [0.25, 0.3) is 0 Å². The normalized spacial score (nSPS) is 16.9. The standard InChI is InChI=1S/C28H35ClFN5O7S/c1-14(2)42-23-10-19(17-11-27(36,37)35-28(38,39)12-17)16(5)8-22(23)33-26-31-13-20(29)25(34-26)32-21-7-6-18(30)9-24(21)43(40,41)15(3)4/h6-10,13-15,17,35-39H,11-12H2,1-5H3,(H2,31,32,33,34). The first kappa shape index (κ1) is 32.8. The third-order valence-corrected chi connectivity index (χ3v) is 9.22. The molecule has 0 bridgehead atoms. The van der Waals surface area contributed by atoms with E-state index in [0.29, 0.717) is 22.6 Å². The molecule has 1 aliphatic rings. The van der Waals surface area contributed by atoms with Crippen molar-refractivity contribution in [2.24, 2.45) is 0 Å². The Bertz CT molecular complexity index is 1600. The van der Waals surface area contributed by atoms with E-state index in [-0.39, 0.29) is 46.3 Å². The van der Waals surface area contributed by atoms with Crippen LogP contribution in [0.2, 0.25) is 5.02 Å². The van der Waals surface area contributed by atoms with E-state index < -0.39 is 38.6 Å². The molecule has 0 aliphatic carbocycles. The Morgan fingerprint density at radius 3 is 2.30 bits per heavy atom. The van der Waals surface area contributed by atoms with Gasteiger partial charge in [-0.1, -0.05) is 11.6 Å². The fourth-order valence-electron chi connectivity index (χ4n) is 4.85. The minimum Gasteiger partial charge on any atom is -0.489 e. The summed E-state index contributed by atoms with van der Waals surface area (Å²) in [6.07, 6.45) is 0.621. The topological polar surface area (TPSA) is 186 Å². The number of hydrogen-bond acceptors (Lipinski definition) is 12. The average Bonchev–Trinajstić information content (AvgIpc) is 2.86. The molecule has 12 nitrogen and oxygen atoms in total. The van der Waals surface area contributed by atoms with E-state index in [0.717, 1.165) is 12.1 Å². The number of nitrogens with zero attached hydrogens (tertiary/aromatic N) is 2. The Labute approximate surface area is 253 Å². The summed E-state index contributed by atoms with van der Waals surface area (Å²) >= 11 is 6.34. The third kappa shape index (κ3) is 7.70. The molecule has 1 saturated heterocycles. The summed E-state index contributed by atoms with van der Waals surface area (Å²) in [5.74, 6) is -5.89. The number of ether oxygens (including phenoxy) is 1. The molecule has 0 saturated carbocycles. The molecular weight excluding hydrogens is 605 g/mol. The van der Waals surface area contributed by atoms with Crippen molar-refractivity contribution in [1.29, 1.82) is 0 Å². The summed E-state index contributed by atoms with van der Waals surface area (Å²) in [6.45, 7) is 8.40. The Hall–Kier alpha value is -3.11. The van der Waals surface area contributed by atoms with Crippen LogP contribution in [-0.4, -0.2) is 62.0 Å². The molecule has 0 radical (unpaired) electrons. The molecule has 3 aromatic rings. The highest BCUT2D eigenvalue weighted by molar-refractivity contribution is 7.92. The van der Waals surface area contributed by atoms with Crippen LogP contribution in [0.3, 0.4) is 0 Å². The van der Waals surface area contributed by atoms with Gasteiger partial charge in [-0.05, 0) is 82.0 Å². The SMILES string of the molecule is Cc1cc(Nc2ncc(Cl)c(Nc3ccc(F)cc3S(=O)(=O)C(C)C)n2)c(OC(C)C)cc1C1CC(O)(O)NC(O)(O)C1. The van der Waals surface area contributed by atoms with Gasteiger partial charge in [-0.2, -0.15) is 4.98 Å². The molecular formula is C28H35ClFN5O7S. The van der Waals surface area contributed by atoms with Gasteiger partial charge in [0.25, 0.3) is 0 Å². The summed E-state index contributed by atoms with van der Waals surface area (Å²) < 4.78 is 45.8. The van der Waals surface area contributed by atoms with Gasteiger partial charge in [0.15, 0.2) is 15.7 Å². The zero-order chi connectivity index (χ0) is 31.9. The number of halogens is 2. The van der Waals surface area contributed by atoms with Gasteiger partial charge < -0.3 is 35.8 Å². The van der Waals surface area contributed by atoms with E-state index >= 15 is 0 Å². The largest absolute Gasteiger partial charge is 0.489 e. The minimum atomic E-state index is -3.86. The van der Waals surface area contributed by atoms with Crippen molar-refractivity contribution < 1.29 is 38.0 Å². The van der Waals surface area contributed by atoms with E-state index in [1.807, 2.05) is 19.2 Å². The van der Waals surface area contributed by atoms with Crippen LogP contribution in [0, 0.1) is 12.7 Å². The van der Waals surface area contributed by atoms with Crippen LogP contribution < -0.4 is 20.7 Å². The summed E-state index contributed by atoms with van der Waals surface area (Å²) in [7, 11) is -3.86. The van der Waals surface area contributed by atoms with E-state index in [1.165, 1.54) is 26.1 Å². The summed E-state index contributed by atoms with van der Waals surface area (Å²) in [4.78, 5) is 8.38. The van der Waals surface area contributed by atoms with Crippen molar-refractivity contribution in [3.05, 3.63) is 58.5 Å². The molecule has 7 N–H and O–H groups in total. The van der Waals surface area contributed by atoms with Gasteiger partial charge in [-0.15, -0.1) is 0 Å². The molecule has 1 aliphatic heterocycles. The molecule has 1 aromatic heterocycles. The number of sulfone groups is 1. The number of nitrogens with one attached hydrogen (secondary N) is 3. The van der Waals surface area contributed by atoms with Gasteiger partial charge in [0.1, 0.15) is 16.6 Å². The molecule has 15 heteroatoms.